The summed E-state index contributed by atoms with van der Waals surface area (Å²) in [5.74, 6) is 0.175. The molecule has 1 aromatic rings. The van der Waals surface area contributed by atoms with Crippen molar-refractivity contribution in [3.05, 3.63) is 24.1 Å². The van der Waals surface area contributed by atoms with E-state index >= 15 is 0 Å². The topological polar surface area (TPSA) is 19.4 Å². The van der Waals surface area contributed by atoms with Gasteiger partial charge in [0.05, 0.1) is 6.20 Å². The lowest BCUT2D eigenvalue weighted by Crippen LogP contribution is -2.53. The van der Waals surface area contributed by atoms with E-state index in [4.69, 9.17) is 0 Å². The maximum atomic E-state index is 12.7. The normalized spacial score (nSPS) is 19.5. The van der Waals surface area contributed by atoms with Crippen molar-refractivity contribution in [3.8, 4) is 0 Å². The minimum Gasteiger partial charge on any atom is -0.354 e. The molecule has 1 fully saturated rings. The van der Waals surface area contributed by atoms with Gasteiger partial charge in [-0.1, -0.05) is 0 Å². The highest BCUT2D eigenvalue weighted by Gasteiger charge is 2.40. The van der Waals surface area contributed by atoms with Crippen LogP contribution in [0.3, 0.4) is 0 Å². The highest BCUT2D eigenvalue weighted by atomic mass is 19.4. The number of alkyl halides is 3. The summed E-state index contributed by atoms with van der Waals surface area (Å²) in [6.07, 6.45) is -3.09. The van der Waals surface area contributed by atoms with Crippen molar-refractivity contribution in [3.63, 3.8) is 0 Å². The monoisotopic (exact) mass is 277 g/mol. The second kappa shape index (κ2) is 5.32. The third-order valence-corrected chi connectivity index (χ3v) is 3.37. The van der Waals surface area contributed by atoms with Crippen LogP contribution in [0.1, 0.15) is 6.92 Å². The van der Waals surface area contributed by atoms with Crippen molar-refractivity contribution in [2.75, 3.05) is 31.1 Å². The number of halogens is 4. The van der Waals surface area contributed by atoms with Crippen LogP contribution >= 0.6 is 0 Å². The van der Waals surface area contributed by atoms with Crippen LogP contribution in [0.2, 0.25) is 0 Å². The molecule has 1 atom stereocenters. The Bertz CT molecular complexity index is 410. The van der Waals surface area contributed by atoms with Crippen molar-refractivity contribution in [2.45, 2.75) is 19.1 Å². The molecule has 1 aromatic heterocycles. The van der Waals surface area contributed by atoms with Crippen LogP contribution in [0.5, 0.6) is 0 Å². The molecule has 2 heterocycles. The summed E-state index contributed by atoms with van der Waals surface area (Å²) in [5.41, 5.74) is 0. The molecule has 0 radical (unpaired) electrons. The zero-order chi connectivity index (χ0) is 14.0. The number of hydrogen-bond acceptors (Lipinski definition) is 3. The number of pyridine rings is 1. The number of piperazine rings is 1. The number of rotatable bonds is 2. The van der Waals surface area contributed by atoms with Crippen LogP contribution in [-0.4, -0.2) is 48.3 Å². The Kier molecular flexibility index (Phi) is 3.93. The molecule has 0 aromatic carbocycles. The van der Waals surface area contributed by atoms with Gasteiger partial charge >= 0.3 is 6.18 Å². The zero-order valence-corrected chi connectivity index (χ0v) is 10.5. The third-order valence-electron chi connectivity index (χ3n) is 3.37. The van der Waals surface area contributed by atoms with E-state index in [1.165, 1.54) is 24.0 Å². The Labute approximate surface area is 108 Å². The summed E-state index contributed by atoms with van der Waals surface area (Å²) in [4.78, 5) is 7.19. The lowest BCUT2D eigenvalue weighted by atomic mass is 10.2. The highest BCUT2D eigenvalue weighted by Crippen LogP contribution is 2.25. The number of aromatic nitrogens is 1. The Morgan fingerprint density at radius 3 is 2.26 bits per heavy atom. The molecule has 0 unspecified atom stereocenters. The van der Waals surface area contributed by atoms with E-state index in [9.17, 15) is 17.6 Å². The molecule has 0 amide bonds. The van der Waals surface area contributed by atoms with Crippen molar-refractivity contribution in [2.24, 2.45) is 0 Å². The van der Waals surface area contributed by atoms with E-state index in [2.05, 4.69) is 4.98 Å². The second-order valence-corrected chi connectivity index (χ2v) is 4.58. The number of hydrogen-bond donors (Lipinski definition) is 0. The molecular formula is C12H15F4N3. The molecule has 0 bridgehead atoms. The van der Waals surface area contributed by atoms with Gasteiger partial charge in [-0.2, -0.15) is 13.2 Å². The molecule has 1 saturated heterocycles. The molecule has 1 aliphatic heterocycles. The Hall–Kier alpha value is -1.37. The lowest BCUT2D eigenvalue weighted by Gasteiger charge is -2.38. The molecule has 19 heavy (non-hydrogen) atoms. The first-order chi connectivity index (χ1) is 8.88. The van der Waals surface area contributed by atoms with Crippen LogP contribution in [0.25, 0.3) is 0 Å². The molecule has 1 aliphatic rings. The van der Waals surface area contributed by atoms with Gasteiger partial charge in [0.2, 0.25) is 0 Å². The first kappa shape index (κ1) is 14.0. The summed E-state index contributed by atoms with van der Waals surface area (Å²) in [6.45, 7) is 2.73. The van der Waals surface area contributed by atoms with Gasteiger partial charge in [0.1, 0.15) is 17.7 Å². The van der Waals surface area contributed by atoms with Gasteiger partial charge in [-0.05, 0) is 19.1 Å². The Morgan fingerprint density at radius 1 is 1.16 bits per heavy atom. The van der Waals surface area contributed by atoms with Crippen molar-refractivity contribution in [1.29, 1.82) is 0 Å². The molecule has 0 saturated carbocycles. The van der Waals surface area contributed by atoms with E-state index in [1.54, 1.807) is 0 Å². The van der Waals surface area contributed by atoms with Crippen LogP contribution in [0.4, 0.5) is 23.4 Å². The Balaban J connectivity index is 1.94. The third kappa shape index (κ3) is 3.34. The smallest absolute Gasteiger partial charge is 0.354 e. The summed E-state index contributed by atoms with van der Waals surface area (Å²) in [7, 11) is 0. The van der Waals surface area contributed by atoms with E-state index in [0.717, 1.165) is 6.20 Å². The maximum absolute atomic E-state index is 12.7. The quantitative estimate of drug-likeness (QED) is 0.773. The minimum absolute atomic E-state index is 0.319. The zero-order valence-electron chi connectivity index (χ0n) is 10.5. The van der Waals surface area contributed by atoms with Crippen molar-refractivity contribution in [1.82, 2.24) is 9.88 Å². The van der Waals surface area contributed by atoms with E-state index < -0.39 is 18.0 Å². The van der Waals surface area contributed by atoms with Crippen LogP contribution in [-0.2, 0) is 0 Å². The fourth-order valence-corrected chi connectivity index (χ4v) is 2.10. The lowest BCUT2D eigenvalue weighted by molar-refractivity contribution is -0.179. The van der Waals surface area contributed by atoms with Gasteiger partial charge in [0.15, 0.2) is 0 Å². The van der Waals surface area contributed by atoms with Gasteiger partial charge in [0.25, 0.3) is 0 Å². The summed E-state index contributed by atoms with van der Waals surface area (Å²) in [6, 6.07) is 1.40. The standard InChI is InChI=1S/C12H15F4N3/c1-9(12(14,15)16)18-4-6-19(7-5-18)11-3-2-10(13)8-17-11/h2-3,8-9H,4-7H2,1H3/t9-/m0/s1. The van der Waals surface area contributed by atoms with Crippen LogP contribution < -0.4 is 4.90 Å². The Morgan fingerprint density at radius 2 is 1.79 bits per heavy atom. The predicted molar refractivity (Wildman–Crippen MR) is 63.5 cm³/mol. The fraction of sp³-hybridized carbons (Fsp3) is 0.583. The van der Waals surface area contributed by atoms with Gasteiger partial charge < -0.3 is 4.90 Å². The SMILES string of the molecule is C[C@H](N1CCN(c2ccc(F)cn2)CC1)C(F)(F)F. The van der Waals surface area contributed by atoms with Crippen LogP contribution in [0, 0.1) is 5.82 Å². The first-order valence-corrected chi connectivity index (χ1v) is 6.05. The fourth-order valence-electron chi connectivity index (χ4n) is 2.10. The van der Waals surface area contributed by atoms with E-state index in [-0.39, 0.29) is 0 Å². The molecule has 0 spiro atoms. The second-order valence-electron chi connectivity index (χ2n) is 4.58. The largest absolute Gasteiger partial charge is 0.403 e. The summed E-state index contributed by atoms with van der Waals surface area (Å²) in [5, 5.41) is 0. The first-order valence-electron chi connectivity index (χ1n) is 6.05. The highest BCUT2D eigenvalue weighted by molar-refractivity contribution is 5.38. The van der Waals surface area contributed by atoms with Crippen molar-refractivity contribution >= 4 is 5.82 Å². The average molecular weight is 277 g/mol. The van der Waals surface area contributed by atoms with Gasteiger partial charge in [0, 0.05) is 26.2 Å². The molecule has 0 aliphatic carbocycles. The molecule has 7 heteroatoms. The van der Waals surface area contributed by atoms with Gasteiger partial charge in [-0.15, -0.1) is 0 Å². The molecule has 106 valence electrons. The van der Waals surface area contributed by atoms with Gasteiger partial charge in [-0.3, -0.25) is 4.90 Å². The van der Waals surface area contributed by atoms with Crippen LogP contribution in [0.15, 0.2) is 18.3 Å². The molecule has 0 N–H and O–H groups in total. The predicted octanol–water partition coefficient (Wildman–Crippen LogP) is 2.29. The van der Waals surface area contributed by atoms with Gasteiger partial charge in [-0.25, -0.2) is 9.37 Å². The average Bonchev–Trinajstić information content (AvgIpc) is 2.38. The minimum atomic E-state index is -4.20. The molecular weight excluding hydrogens is 262 g/mol. The number of nitrogens with zero attached hydrogens (tertiary/aromatic N) is 3. The summed E-state index contributed by atoms with van der Waals surface area (Å²) < 4.78 is 50.5. The molecule has 2 rings (SSSR count). The maximum Gasteiger partial charge on any atom is 0.403 e. The van der Waals surface area contributed by atoms with Crippen molar-refractivity contribution < 1.29 is 17.6 Å². The van der Waals surface area contributed by atoms with E-state index in [1.807, 2.05) is 4.90 Å². The van der Waals surface area contributed by atoms with E-state index in [0.29, 0.717) is 32.0 Å². The summed E-state index contributed by atoms with van der Waals surface area (Å²) >= 11 is 0. The molecule has 3 nitrogen and oxygen atoms in total. The number of anilines is 1.